The second-order valence-corrected chi connectivity index (χ2v) is 7.72. The van der Waals surface area contributed by atoms with Gasteiger partial charge in [-0.1, -0.05) is 31.2 Å². The first-order chi connectivity index (χ1) is 14.9. The third-order valence-electron chi connectivity index (χ3n) is 5.30. The predicted octanol–water partition coefficient (Wildman–Crippen LogP) is 2.94. The van der Waals surface area contributed by atoms with E-state index < -0.39 is 0 Å². The Morgan fingerprint density at radius 2 is 1.94 bits per heavy atom. The van der Waals surface area contributed by atoms with Gasteiger partial charge in [0.1, 0.15) is 0 Å². The molecule has 2 amide bonds. The van der Waals surface area contributed by atoms with E-state index in [2.05, 4.69) is 15.6 Å². The van der Waals surface area contributed by atoms with E-state index in [-0.39, 0.29) is 36.4 Å². The number of nitrogens with one attached hydrogen (secondary N) is 2. The molecule has 0 spiro atoms. The van der Waals surface area contributed by atoms with Gasteiger partial charge in [-0.25, -0.2) is 4.98 Å². The summed E-state index contributed by atoms with van der Waals surface area (Å²) in [5.74, 6) is -0.299. The highest BCUT2D eigenvalue weighted by molar-refractivity contribution is 5.94. The van der Waals surface area contributed by atoms with Gasteiger partial charge in [-0.2, -0.15) is 0 Å². The Balaban J connectivity index is 1.57. The topological polar surface area (TPSA) is 93.1 Å². The van der Waals surface area contributed by atoms with Crippen LogP contribution in [0.2, 0.25) is 0 Å². The van der Waals surface area contributed by atoms with Gasteiger partial charge in [-0.05, 0) is 49.6 Å². The Labute approximate surface area is 181 Å². The molecule has 3 rings (SSSR count). The third kappa shape index (κ3) is 5.57. The number of hydrogen-bond acceptors (Lipinski definition) is 4. The van der Waals surface area contributed by atoms with Gasteiger partial charge in [0.15, 0.2) is 0 Å². The Kier molecular flexibility index (Phi) is 7.18. The number of carbonyl (C=O) groups excluding carboxylic acids is 2. The molecule has 1 aromatic heterocycles. The van der Waals surface area contributed by atoms with Crippen LogP contribution in [0.25, 0.3) is 10.9 Å². The number of rotatable bonds is 8. The van der Waals surface area contributed by atoms with Crippen molar-refractivity contribution in [3.05, 3.63) is 75.8 Å². The van der Waals surface area contributed by atoms with Crippen LogP contribution in [0.3, 0.4) is 0 Å². The summed E-state index contributed by atoms with van der Waals surface area (Å²) in [7, 11) is 0. The van der Waals surface area contributed by atoms with Crippen LogP contribution in [0.4, 0.5) is 0 Å². The summed E-state index contributed by atoms with van der Waals surface area (Å²) in [6.07, 6.45) is 2.51. The van der Waals surface area contributed by atoms with E-state index in [0.29, 0.717) is 23.0 Å². The van der Waals surface area contributed by atoms with Crippen molar-refractivity contribution < 1.29 is 9.59 Å². The monoisotopic (exact) mass is 420 g/mol. The lowest BCUT2D eigenvalue weighted by molar-refractivity contribution is -0.121. The highest BCUT2D eigenvalue weighted by Crippen LogP contribution is 2.11. The molecule has 3 aromatic rings. The summed E-state index contributed by atoms with van der Waals surface area (Å²) >= 11 is 0. The molecule has 7 nitrogen and oxygen atoms in total. The number of nitrogens with zero attached hydrogens (tertiary/aromatic N) is 2. The number of para-hydroxylation sites is 1. The fourth-order valence-electron chi connectivity index (χ4n) is 3.24. The van der Waals surface area contributed by atoms with Crippen LogP contribution >= 0.6 is 0 Å². The van der Waals surface area contributed by atoms with Crippen LogP contribution in [0.1, 0.15) is 48.2 Å². The largest absolute Gasteiger partial charge is 0.352 e. The molecule has 0 aliphatic heterocycles. The molecule has 0 aliphatic carbocycles. The zero-order chi connectivity index (χ0) is 22.4. The van der Waals surface area contributed by atoms with E-state index in [0.717, 1.165) is 17.5 Å². The average molecular weight is 421 g/mol. The average Bonchev–Trinajstić information content (AvgIpc) is 2.77. The molecule has 0 radical (unpaired) electrons. The lowest BCUT2D eigenvalue weighted by atomic mass is 10.1. The normalized spacial score (nSPS) is 11.8. The highest BCUT2D eigenvalue weighted by Gasteiger charge is 2.10. The number of hydrogen-bond donors (Lipinski definition) is 2. The van der Waals surface area contributed by atoms with E-state index in [1.54, 1.807) is 24.3 Å². The third-order valence-corrected chi connectivity index (χ3v) is 5.30. The van der Waals surface area contributed by atoms with Crippen molar-refractivity contribution >= 4 is 22.7 Å². The van der Waals surface area contributed by atoms with Gasteiger partial charge in [0.25, 0.3) is 11.5 Å². The number of amides is 2. The van der Waals surface area contributed by atoms with Crippen LogP contribution in [0.5, 0.6) is 0 Å². The molecule has 2 N–H and O–H groups in total. The molecule has 1 heterocycles. The lowest BCUT2D eigenvalue weighted by Crippen LogP contribution is -2.32. The molecule has 1 atom stereocenters. The first-order valence-corrected chi connectivity index (χ1v) is 10.5. The zero-order valence-corrected chi connectivity index (χ0v) is 18.1. The number of fused-ring (bicyclic) bond motifs is 1. The maximum atomic E-state index is 12.6. The van der Waals surface area contributed by atoms with Gasteiger partial charge >= 0.3 is 0 Å². The van der Waals surface area contributed by atoms with Crippen molar-refractivity contribution in [2.45, 2.75) is 52.7 Å². The smallest absolute Gasteiger partial charge is 0.261 e. The minimum atomic E-state index is -0.175. The van der Waals surface area contributed by atoms with Crippen molar-refractivity contribution in [3.8, 4) is 0 Å². The minimum Gasteiger partial charge on any atom is -0.352 e. The van der Waals surface area contributed by atoms with E-state index in [1.807, 2.05) is 39.0 Å². The lowest BCUT2D eigenvalue weighted by Gasteiger charge is -2.12. The first kappa shape index (κ1) is 22.2. The summed E-state index contributed by atoms with van der Waals surface area (Å²) in [6.45, 7) is 6.45. The van der Waals surface area contributed by atoms with Crippen molar-refractivity contribution in [1.29, 1.82) is 0 Å². The minimum absolute atomic E-state index is 0.104. The summed E-state index contributed by atoms with van der Waals surface area (Å²) in [5, 5.41) is 6.33. The fourth-order valence-corrected chi connectivity index (χ4v) is 3.24. The summed E-state index contributed by atoms with van der Waals surface area (Å²) in [5.41, 5.74) is 2.88. The van der Waals surface area contributed by atoms with E-state index in [4.69, 9.17) is 0 Å². The second kappa shape index (κ2) is 10.0. The molecule has 0 saturated carbocycles. The van der Waals surface area contributed by atoms with Gasteiger partial charge in [-0.3, -0.25) is 19.0 Å². The molecule has 0 aliphatic rings. The number of aromatic nitrogens is 2. The molecular formula is C24H28N4O3. The maximum Gasteiger partial charge on any atom is 0.261 e. The van der Waals surface area contributed by atoms with Gasteiger partial charge in [-0.15, -0.1) is 0 Å². The standard InChI is InChI=1S/C24H28N4O3/c1-4-17(3)27-23(30)19-9-6-8-18(13-19)14-25-21(29)11-12-28-15-26-22-16(2)7-5-10-20(22)24(28)31/h5-10,13,15,17H,4,11-12,14H2,1-3H3,(H,25,29)(H,27,30)/t17-/m0/s1. The summed E-state index contributed by atoms with van der Waals surface area (Å²) in [4.78, 5) is 41.6. The molecule has 0 fully saturated rings. The highest BCUT2D eigenvalue weighted by atomic mass is 16.2. The molecule has 7 heteroatoms. The van der Waals surface area contributed by atoms with E-state index in [1.165, 1.54) is 10.9 Å². The predicted molar refractivity (Wildman–Crippen MR) is 121 cm³/mol. The summed E-state index contributed by atoms with van der Waals surface area (Å²) in [6, 6.07) is 12.8. The molecule has 162 valence electrons. The number of aryl methyl sites for hydroxylation is 2. The van der Waals surface area contributed by atoms with Crippen LogP contribution in [-0.2, 0) is 17.9 Å². The van der Waals surface area contributed by atoms with Gasteiger partial charge < -0.3 is 10.6 Å². The van der Waals surface area contributed by atoms with Crippen molar-refractivity contribution in [1.82, 2.24) is 20.2 Å². The van der Waals surface area contributed by atoms with Crippen molar-refractivity contribution in [3.63, 3.8) is 0 Å². The molecular weight excluding hydrogens is 392 g/mol. The van der Waals surface area contributed by atoms with Gasteiger partial charge in [0.2, 0.25) is 5.91 Å². The molecule has 0 saturated heterocycles. The molecule has 31 heavy (non-hydrogen) atoms. The van der Waals surface area contributed by atoms with Crippen LogP contribution < -0.4 is 16.2 Å². The van der Waals surface area contributed by atoms with Gasteiger partial charge in [0, 0.05) is 31.1 Å². The zero-order valence-electron chi connectivity index (χ0n) is 18.1. The Morgan fingerprint density at radius 3 is 2.71 bits per heavy atom. The molecule has 0 unspecified atom stereocenters. The Morgan fingerprint density at radius 1 is 1.16 bits per heavy atom. The van der Waals surface area contributed by atoms with Crippen LogP contribution in [0.15, 0.2) is 53.6 Å². The Hall–Kier alpha value is -3.48. The first-order valence-electron chi connectivity index (χ1n) is 10.5. The van der Waals surface area contributed by atoms with Crippen molar-refractivity contribution in [2.75, 3.05) is 0 Å². The van der Waals surface area contributed by atoms with E-state index in [9.17, 15) is 14.4 Å². The maximum absolute atomic E-state index is 12.6. The van der Waals surface area contributed by atoms with Crippen LogP contribution in [0, 0.1) is 6.92 Å². The summed E-state index contributed by atoms with van der Waals surface area (Å²) < 4.78 is 1.46. The van der Waals surface area contributed by atoms with E-state index >= 15 is 0 Å². The number of benzene rings is 2. The quantitative estimate of drug-likeness (QED) is 0.586. The number of carbonyl (C=O) groups is 2. The van der Waals surface area contributed by atoms with Crippen LogP contribution in [-0.4, -0.2) is 27.4 Å². The second-order valence-electron chi connectivity index (χ2n) is 7.72. The Bertz CT molecular complexity index is 1150. The van der Waals surface area contributed by atoms with Gasteiger partial charge in [0.05, 0.1) is 17.2 Å². The molecule has 0 bridgehead atoms. The SMILES string of the molecule is CC[C@H](C)NC(=O)c1cccc(CNC(=O)CCn2cnc3c(C)cccc3c2=O)c1. The fraction of sp³-hybridized carbons (Fsp3) is 0.333. The van der Waals surface area contributed by atoms with Crippen molar-refractivity contribution in [2.24, 2.45) is 0 Å². The molecule has 2 aromatic carbocycles.